The summed E-state index contributed by atoms with van der Waals surface area (Å²) in [5.74, 6) is 5.79. The minimum Gasteiger partial charge on any atom is -0.338 e. The fourth-order valence-corrected chi connectivity index (χ4v) is 1.97. The second-order valence-electron chi connectivity index (χ2n) is 3.37. The van der Waals surface area contributed by atoms with Crippen LogP contribution < -0.4 is 16.4 Å². The minimum absolute atomic E-state index is 0.141. The van der Waals surface area contributed by atoms with Gasteiger partial charge in [-0.05, 0) is 17.9 Å². The summed E-state index contributed by atoms with van der Waals surface area (Å²) >= 11 is 1.58. The van der Waals surface area contributed by atoms with E-state index in [0.29, 0.717) is 19.6 Å². The standard InChI is InChI=1S/C12H17N3OS/c1-2-7-14-12(16)15-9-11-10(4-3-6-13)5-8-17-11/h5,8H,2,6-7,9,13H2,1H3,(H2,14,15,16). The van der Waals surface area contributed by atoms with Crippen molar-refractivity contribution in [3.63, 3.8) is 0 Å². The highest BCUT2D eigenvalue weighted by atomic mass is 32.1. The molecule has 1 heterocycles. The summed E-state index contributed by atoms with van der Waals surface area (Å²) < 4.78 is 0. The molecule has 0 aliphatic rings. The van der Waals surface area contributed by atoms with Gasteiger partial charge in [0, 0.05) is 17.0 Å². The molecule has 0 bridgehead atoms. The molecule has 92 valence electrons. The zero-order chi connectivity index (χ0) is 12.5. The van der Waals surface area contributed by atoms with Gasteiger partial charge in [-0.1, -0.05) is 18.8 Å². The summed E-state index contributed by atoms with van der Waals surface area (Å²) in [5, 5.41) is 7.51. The lowest BCUT2D eigenvalue weighted by atomic mass is 10.2. The van der Waals surface area contributed by atoms with Gasteiger partial charge in [-0.3, -0.25) is 0 Å². The lowest BCUT2D eigenvalue weighted by Crippen LogP contribution is -2.35. The molecular weight excluding hydrogens is 234 g/mol. The van der Waals surface area contributed by atoms with E-state index in [9.17, 15) is 4.79 Å². The van der Waals surface area contributed by atoms with Crippen LogP contribution in [0.3, 0.4) is 0 Å². The van der Waals surface area contributed by atoms with Crippen LogP contribution in [-0.4, -0.2) is 19.1 Å². The zero-order valence-corrected chi connectivity index (χ0v) is 10.7. The van der Waals surface area contributed by atoms with Crippen molar-refractivity contribution in [2.45, 2.75) is 19.9 Å². The molecule has 4 N–H and O–H groups in total. The number of nitrogens with one attached hydrogen (secondary N) is 2. The van der Waals surface area contributed by atoms with Crippen molar-refractivity contribution >= 4 is 17.4 Å². The zero-order valence-electron chi connectivity index (χ0n) is 9.88. The van der Waals surface area contributed by atoms with E-state index >= 15 is 0 Å². The van der Waals surface area contributed by atoms with Gasteiger partial charge in [-0.15, -0.1) is 11.3 Å². The Morgan fingerprint density at radius 3 is 3.06 bits per heavy atom. The van der Waals surface area contributed by atoms with Crippen LogP contribution in [0.5, 0.6) is 0 Å². The largest absolute Gasteiger partial charge is 0.338 e. The van der Waals surface area contributed by atoms with Gasteiger partial charge in [-0.25, -0.2) is 4.79 Å². The number of hydrogen-bond donors (Lipinski definition) is 3. The SMILES string of the molecule is CCCNC(=O)NCc1sccc1C#CCN. The molecule has 0 aliphatic carbocycles. The Bertz CT molecular complexity index is 417. The average Bonchev–Trinajstić information content (AvgIpc) is 2.78. The third-order valence-corrected chi connectivity index (χ3v) is 2.94. The maximum Gasteiger partial charge on any atom is 0.315 e. The lowest BCUT2D eigenvalue weighted by Gasteiger charge is -2.05. The van der Waals surface area contributed by atoms with Crippen molar-refractivity contribution in [2.24, 2.45) is 5.73 Å². The van der Waals surface area contributed by atoms with Crippen LogP contribution in [0.1, 0.15) is 23.8 Å². The molecule has 1 rings (SSSR count). The molecule has 0 aliphatic heterocycles. The van der Waals surface area contributed by atoms with Crippen molar-refractivity contribution in [1.29, 1.82) is 0 Å². The quantitative estimate of drug-likeness (QED) is 0.705. The molecule has 17 heavy (non-hydrogen) atoms. The topological polar surface area (TPSA) is 67.2 Å². The van der Waals surface area contributed by atoms with Crippen LogP contribution in [0.15, 0.2) is 11.4 Å². The predicted molar refractivity (Wildman–Crippen MR) is 70.8 cm³/mol. The summed E-state index contributed by atoms with van der Waals surface area (Å²) in [7, 11) is 0. The number of carbonyl (C=O) groups excluding carboxylic acids is 1. The van der Waals surface area contributed by atoms with Gasteiger partial charge in [0.15, 0.2) is 0 Å². The normalized spacial score (nSPS) is 9.29. The van der Waals surface area contributed by atoms with Crippen molar-refractivity contribution in [2.75, 3.05) is 13.1 Å². The first kappa shape index (κ1) is 13.6. The van der Waals surface area contributed by atoms with Crippen molar-refractivity contribution in [1.82, 2.24) is 10.6 Å². The third kappa shape index (κ3) is 4.89. The minimum atomic E-state index is -0.141. The van der Waals surface area contributed by atoms with Gasteiger partial charge in [-0.2, -0.15) is 0 Å². The molecule has 0 aromatic carbocycles. The van der Waals surface area contributed by atoms with E-state index in [1.165, 1.54) is 0 Å². The number of amides is 2. The molecule has 0 saturated heterocycles. The number of urea groups is 1. The van der Waals surface area contributed by atoms with Crippen LogP contribution >= 0.6 is 11.3 Å². The van der Waals surface area contributed by atoms with E-state index in [1.54, 1.807) is 11.3 Å². The van der Waals surface area contributed by atoms with Gasteiger partial charge in [0.25, 0.3) is 0 Å². The van der Waals surface area contributed by atoms with E-state index in [4.69, 9.17) is 5.73 Å². The second kappa shape index (κ2) is 7.71. The third-order valence-electron chi connectivity index (χ3n) is 2.02. The predicted octanol–water partition coefficient (Wildman–Crippen LogP) is 1.27. The molecular formula is C12H17N3OS. The number of hydrogen-bond acceptors (Lipinski definition) is 3. The summed E-state index contributed by atoms with van der Waals surface area (Å²) in [5.41, 5.74) is 6.26. The number of thiophene rings is 1. The first-order valence-corrected chi connectivity index (χ1v) is 6.43. The summed E-state index contributed by atoms with van der Waals surface area (Å²) in [4.78, 5) is 12.4. The smallest absolute Gasteiger partial charge is 0.315 e. The molecule has 2 amide bonds. The van der Waals surface area contributed by atoms with Crippen molar-refractivity contribution in [3.8, 4) is 11.8 Å². The molecule has 5 heteroatoms. The summed E-state index contributed by atoms with van der Waals surface area (Å²) in [6.45, 7) is 3.55. The molecule has 1 aromatic rings. The average molecular weight is 251 g/mol. The molecule has 0 radical (unpaired) electrons. The van der Waals surface area contributed by atoms with Crippen molar-refractivity contribution < 1.29 is 4.79 Å². The summed E-state index contributed by atoms with van der Waals surface area (Å²) in [6, 6.07) is 1.80. The van der Waals surface area contributed by atoms with E-state index < -0.39 is 0 Å². The van der Waals surface area contributed by atoms with E-state index in [2.05, 4.69) is 22.5 Å². The molecule has 0 atom stereocenters. The number of nitrogens with two attached hydrogens (primary N) is 1. The van der Waals surface area contributed by atoms with Gasteiger partial charge in [0.2, 0.25) is 0 Å². The second-order valence-corrected chi connectivity index (χ2v) is 4.37. The van der Waals surface area contributed by atoms with Crippen LogP contribution in [0.2, 0.25) is 0 Å². The van der Waals surface area contributed by atoms with Crippen LogP contribution in [0, 0.1) is 11.8 Å². The molecule has 1 aromatic heterocycles. The maximum atomic E-state index is 11.3. The lowest BCUT2D eigenvalue weighted by molar-refractivity contribution is 0.240. The monoisotopic (exact) mass is 251 g/mol. The van der Waals surface area contributed by atoms with E-state index in [0.717, 1.165) is 16.9 Å². The Kier molecular flexibility index (Phi) is 6.15. The Hall–Kier alpha value is -1.51. The first-order chi connectivity index (χ1) is 8.27. The van der Waals surface area contributed by atoms with Gasteiger partial charge >= 0.3 is 6.03 Å². The van der Waals surface area contributed by atoms with Crippen LogP contribution in [0.4, 0.5) is 4.79 Å². The van der Waals surface area contributed by atoms with Gasteiger partial charge in [0.1, 0.15) is 0 Å². The molecule has 0 fully saturated rings. The molecule has 0 unspecified atom stereocenters. The van der Waals surface area contributed by atoms with Crippen LogP contribution in [0.25, 0.3) is 0 Å². The Morgan fingerprint density at radius 1 is 1.53 bits per heavy atom. The Balaban J connectivity index is 2.46. The number of rotatable bonds is 4. The van der Waals surface area contributed by atoms with E-state index in [-0.39, 0.29) is 6.03 Å². The van der Waals surface area contributed by atoms with Gasteiger partial charge in [0.05, 0.1) is 13.1 Å². The molecule has 4 nitrogen and oxygen atoms in total. The molecule has 0 saturated carbocycles. The Morgan fingerprint density at radius 2 is 2.35 bits per heavy atom. The maximum absolute atomic E-state index is 11.3. The Labute approximate surface area is 106 Å². The van der Waals surface area contributed by atoms with E-state index in [1.807, 2.05) is 18.4 Å². The van der Waals surface area contributed by atoms with Gasteiger partial charge < -0.3 is 16.4 Å². The highest BCUT2D eigenvalue weighted by Gasteiger charge is 2.04. The first-order valence-electron chi connectivity index (χ1n) is 5.55. The highest BCUT2D eigenvalue weighted by molar-refractivity contribution is 7.10. The highest BCUT2D eigenvalue weighted by Crippen LogP contribution is 2.15. The molecule has 0 spiro atoms. The fraction of sp³-hybridized carbons (Fsp3) is 0.417. The van der Waals surface area contributed by atoms with Crippen LogP contribution in [-0.2, 0) is 6.54 Å². The fourth-order valence-electron chi connectivity index (χ4n) is 1.20. The van der Waals surface area contributed by atoms with Crippen molar-refractivity contribution in [3.05, 3.63) is 21.9 Å². The summed E-state index contributed by atoms with van der Waals surface area (Å²) in [6.07, 6.45) is 0.930. The number of carbonyl (C=O) groups is 1.